The van der Waals surface area contributed by atoms with E-state index in [9.17, 15) is 18.0 Å². The van der Waals surface area contributed by atoms with Crippen molar-refractivity contribution in [1.29, 1.82) is 0 Å². The molecule has 3 rings (SSSR count). The Morgan fingerprint density at radius 1 is 1.31 bits per heavy atom. The van der Waals surface area contributed by atoms with Crippen molar-refractivity contribution in [3.8, 4) is 5.88 Å². The number of alkyl halides is 3. The number of nitrogens with zero attached hydrogens (tertiary/aromatic N) is 2. The molecule has 1 aromatic carbocycles. The fourth-order valence-corrected chi connectivity index (χ4v) is 3.01. The standard InChI is InChI=1S/C17H15ClF3N3O2/c1-26-15-6-11-9-24(5-4-10(11)8-22-15)16(25)23-12-2-3-13(14(18)7-12)17(19,20)21/h2-3,6-8H,4-5,9H2,1H3,(H,23,25). The van der Waals surface area contributed by atoms with Crippen molar-refractivity contribution in [2.24, 2.45) is 0 Å². The number of amides is 2. The molecule has 0 saturated carbocycles. The lowest BCUT2D eigenvalue weighted by Crippen LogP contribution is -2.39. The number of methoxy groups -OCH3 is 1. The zero-order valence-electron chi connectivity index (χ0n) is 13.7. The molecule has 26 heavy (non-hydrogen) atoms. The molecule has 0 fully saturated rings. The summed E-state index contributed by atoms with van der Waals surface area (Å²) in [5.74, 6) is 0.459. The molecule has 1 aromatic heterocycles. The second kappa shape index (κ2) is 7.03. The quantitative estimate of drug-likeness (QED) is 0.836. The van der Waals surface area contributed by atoms with Crippen molar-refractivity contribution in [3.05, 3.63) is 52.2 Å². The van der Waals surface area contributed by atoms with Crippen LogP contribution in [0.2, 0.25) is 5.02 Å². The van der Waals surface area contributed by atoms with Crippen molar-refractivity contribution in [1.82, 2.24) is 9.88 Å². The fourth-order valence-electron chi connectivity index (χ4n) is 2.73. The number of fused-ring (bicyclic) bond motifs is 1. The molecular formula is C17H15ClF3N3O2. The molecule has 0 aliphatic carbocycles. The number of halogens is 4. The van der Waals surface area contributed by atoms with Crippen LogP contribution in [0.5, 0.6) is 5.88 Å². The third-order valence-electron chi connectivity index (χ3n) is 4.09. The number of carbonyl (C=O) groups excluding carboxylic acids is 1. The van der Waals surface area contributed by atoms with Gasteiger partial charge in [0, 0.05) is 31.0 Å². The number of benzene rings is 1. The third-order valence-corrected chi connectivity index (χ3v) is 4.40. The summed E-state index contributed by atoms with van der Waals surface area (Å²) >= 11 is 5.68. The molecule has 2 aromatic rings. The van der Waals surface area contributed by atoms with Crippen molar-refractivity contribution >= 4 is 23.3 Å². The maximum atomic E-state index is 12.7. The predicted molar refractivity (Wildman–Crippen MR) is 90.4 cm³/mol. The SMILES string of the molecule is COc1cc2c(cn1)CCN(C(=O)Nc1ccc(C(F)(F)F)c(Cl)c1)C2. The van der Waals surface area contributed by atoms with Gasteiger partial charge in [-0.15, -0.1) is 0 Å². The summed E-state index contributed by atoms with van der Waals surface area (Å²) in [7, 11) is 1.51. The number of urea groups is 1. The summed E-state index contributed by atoms with van der Waals surface area (Å²) in [4.78, 5) is 18.1. The van der Waals surface area contributed by atoms with E-state index in [0.717, 1.165) is 23.3 Å². The van der Waals surface area contributed by atoms with Crippen LogP contribution in [-0.4, -0.2) is 29.6 Å². The lowest BCUT2D eigenvalue weighted by Gasteiger charge is -2.29. The summed E-state index contributed by atoms with van der Waals surface area (Å²) in [6.07, 6.45) is -2.18. The van der Waals surface area contributed by atoms with Crippen molar-refractivity contribution in [3.63, 3.8) is 0 Å². The van der Waals surface area contributed by atoms with E-state index < -0.39 is 22.8 Å². The van der Waals surface area contributed by atoms with Crippen LogP contribution in [0.1, 0.15) is 16.7 Å². The summed E-state index contributed by atoms with van der Waals surface area (Å²) in [6, 6.07) is 4.47. The zero-order chi connectivity index (χ0) is 18.9. The summed E-state index contributed by atoms with van der Waals surface area (Å²) in [5, 5.41) is 2.12. The van der Waals surface area contributed by atoms with Crippen molar-refractivity contribution < 1.29 is 22.7 Å². The van der Waals surface area contributed by atoms with Crippen LogP contribution >= 0.6 is 11.6 Å². The molecule has 138 valence electrons. The van der Waals surface area contributed by atoms with E-state index >= 15 is 0 Å². The van der Waals surface area contributed by atoms with Gasteiger partial charge < -0.3 is 15.0 Å². The topological polar surface area (TPSA) is 54.5 Å². The Labute approximate surface area is 152 Å². The Morgan fingerprint density at radius 2 is 2.08 bits per heavy atom. The number of anilines is 1. The first-order valence-electron chi connectivity index (χ1n) is 7.72. The minimum Gasteiger partial charge on any atom is -0.481 e. The fraction of sp³-hybridized carbons (Fsp3) is 0.294. The summed E-state index contributed by atoms with van der Waals surface area (Å²) in [6.45, 7) is 0.829. The van der Waals surface area contributed by atoms with Gasteiger partial charge in [-0.1, -0.05) is 11.6 Å². The maximum absolute atomic E-state index is 12.7. The molecule has 0 radical (unpaired) electrons. The first-order valence-corrected chi connectivity index (χ1v) is 8.10. The molecule has 5 nitrogen and oxygen atoms in total. The second-order valence-electron chi connectivity index (χ2n) is 5.79. The van der Waals surface area contributed by atoms with Gasteiger partial charge in [-0.05, 0) is 35.7 Å². The Balaban J connectivity index is 1.72. The van der Waals surface area contributed by atoms with Gasteiger partial charge in [0.15, 0.2) is 0 Å². The van der Waals surface area contributed by atoms with Crippen LogP contribution in [-0.2, 0) is 19.1 Å². The van der Waals surface area contributed by atoms with Crippen molar-refractivity contribution in [2.45, 2.75) is 19.1 Å². The monoisotopic (exact) mass is 385 g/mol. The highest BCUT2D eigenvalue weighted by molar-refractivity contribution is 6.31. The number of ether oxygens (including phenoxy) is 1. The minimum atomic E-state index is -4.54. The van der Waals surface area contributed by atoms with Crippen LogP contribution in [0.25, 0.3) is 0 Å². The molecule has 9 heteroatoms. The van der Waals surface area contributed by atoms with Gasteiger partial charge in [-0.2, -0.15) is 13.2 Å². The largest absolute Gasteiger partial charge is 0.481 e. The molecule has 0 unspecified atom stereocenters. The number of pyridine rings is 1. The smallest absolute Gasteiger partial charge is 0.417 e. The van der Waals surface area contributed by atoms with Crippen LogP contribution in [0.4, 0.5) is 23.7 Å². The summed E-state index contributed by atoms with van der Waals surface area (Å²) < 4.78 is 43.3. The van der Waals surface area contributed by atoms with E-state index in [1.807, 2.05) is 0 Å². The van der Waals surface area contributed by atoms with Gasteiger partial charge in [0.1, 0.15) is 0 Å². The van der Waals surface area contributed by atoms with E-state index in [1.54, 1.807) is 17.2 Å². The van der Waals surface area contributed by atoms with Gasteiger partial charge in [-0.25, -0.2) is 9.78 Å². The highest BCUT2D eigenvalue weighted by atomic mass is 35.5. The van der Waals surface area contributed by atoms with Gasteiger partial charge in [0.25, 0.3) is 0 Å². The Bertz CT molecular complexity index is 842. The molecular weight excluding hydrogens is 371 g/mol. The highest BCUT2D eigenvalue weighted by Crippen LogP contribution is 2.36. The number of hydrogen-bond donors (Lipinski definition) is 1. The summed E-state index contributed by atoms with van der Waals surface area (Å²) in [5.41, 5.74) is 1.21. The molecule has 2 heterocycles. The number of carbonyl (C=O) groups is 1. The number of rotatable bonds is 2. The van der Waals surface area contributed by atoms with Gasteiger partial charge in [0.2, 0.25) is 5.88 Å². The van der Waals surface area contributed by atoms with E-state index in [1.165, 1.54) is 13.2 Å². The first kappa shape index (κ1) is 18.3. The average Bonchev–Trinajstić information content (AvgIpc) is 2.59. The lowest BCUT2D eigenvalue weighted by molar-refractivity contribution is -0.137. The van der Waals surface area contributed by atoms with Crippen molar-refractivity contribution in [2.75, 3.05) is 19.0 Å². The Kier molecular flexibility index (Phi) is 4.95. The maximum Gasteiger partial charge on any atom is 0.417 e. The first-order chi connectivity index (χ1) is 12.3. The van der Waals surface area contributed by atoms with Gasteiger partial charge in [0.05, 0.1) is 17.7 Å². The van der Waals surface area contributed by atoms with E-state index in [2.05, 4.69) is 10.3 Å². The third kappa shape index (κ3) is 3.85. The average molecular weight is 386 g/mol. The van der Waals surface area contributed by atoms with Crippen LogP contribution in [0.15, 0.2) is 30.5 Å². The number of hydrogen-bond acceptors (Lipinski definition) is 3. The molecule has 0 spiro atoms. The number of nitrogens with one attached hydrogen (secondary N) is 1. The van der Waals surface area contributed by atoms with Gasteiger partial charge in [-0.3, -0.25) is 0 Å². The van der Waals surface area contributed by atoms with E-state index in [4.69, 9.17) is 16.3 Å². The van der Waals surface area contributed by atoms with Crippen LogP contribution in [0, 0.1) is 0 Å². The second-order valence-corrected chi connectivity index (χ2v) is 6.20. The Morgan fingerprint density at radius 3 is 2.73 bits per heavy atom. The Hall–Kier alpha value is -2.48. The van der Waals surface area contributed by atoms with Crippen LogP contribution < -0.4 is 10.1 Å². The highest BCUT2D eigenvalue weighted by Gasteiger charge is 2.33. The normalized spacial score (nSPS) is 14.0. The van der Waals surface area contributed by atoms with Gasteiger partial charge >= 0.3 is 12.2 Å². The number of aromatic nitrogens is 1. The molecule has 1 aliphatic heterocycles. The molecule has 1 aliphatic rings. The van der Waals surface area contributed by atoms with E-state index in [-0.39, 0.29) is 5.69 Å². The molecule has 0 atom stereocenters. The van der Waals surface area contributed by atoms with E-state index in [0.29, 0.717) is 25.4 Å². The minimum absolute atomic E-state index is 0.200. The van der Waals surface area contributed by atoms with Crippen LogP contribution in [0.3, 0.4) is 0 Å². The predicted octanol–water partition coefficient (Wildman–Crippen LogP) is 4.35. The molecule has 0 saturated heterocycles. The lowest BCUT2D eigenvalue weighted by atomic mass is 10.0. The molecule has 0 bridgehead atoms. The molecule has 1 N–H and O–H groups in total. The zero-order valence-corrected chi connectivity index (χ0v) is 14.5. The molecule has 2 amide bonds.